The predicted octanol–water partition coefficient (Wildman–Crippen LogP) is 3.07. The van der Waals surface area contributed by atoms with E-state index in [0.717, 1.165) is 5.56 Å². The Balaban J connectivity index is 2.56. The van der Waals surface area contributed by atoms with Gasteiger partial charge in [-0.3, -0.25) is 14.9 Å². The number of carbonyl (C=O) groups excluding carboxylic acids is 1. The van der Waals surface area contributed by atoms with E-state index < -0.39 is 4.92 Å². The van der Waals surface area contributed by atoms with Crippen molar-refractivity contribution in [1.82, 2.24) is 0 Å². The fraction of sp³-hybridized carbons (Fsp3) is 0. The van der Waals surface area contributed by atoms with Gasteiger partial charge in [0.25, 0.3) is 5.69 Å². The number of benzene rings is 2. The van der Waals surface area contributed by atoms with E-state index in [1.807, 2.05) is 30.3 Å². The van der Waals surface area contributed by atoms with Crippen LogP contribution in [0.3, 0.4) is 0 Å². The van der Waals surface area contributed by atoms with Gasteiger partial charge in [0.2, 0.25) is 0 Å². The SMILES string of the molecule is O=Cc1cc([N+](=O)[O-])ccc1-c1ccccc1. The van der Waals surface area contributed by atoms with E-state index in [1.54, 1.807) is 6.07 Å². The maximum atomic E-state index is 11.0. The number of nitrogens with zero attached hydrogens (tertiary/aromatic N) is 1. The lowest BCUT2D eigenvalue weighted by atomic mass is 10.00. The average molecular weight is 227 g/mol. The van der Waals surface area contributed by atoms with Gasteiger partial charge in [-0.25, -0.2) is 0 Å². The summed E-state index contributed by atoms with van der Waals surface area (Å²) in [6, 6.07) is 13.6. The van der Waals surface area contributed by atoms with Crippen molar-refractivity contribution in [3.05, 3.63) is 64.2 Å². The van der Waals surface area contributed by atoms with Crippen LogP contribution in [0.2, 0.25) is 0 Å². The van der Waals surface area contributed by atoms with Crippen molar-refractivity contribution >= 4 is 12.0 Å². The zero-order chi connectivity index (χ0) is 12.3. The van der Waals surface area contributed by atoms with E-state index >= 15 is 0 Å². The van der Waals surface area contributed by atoms with Crippen molar-refractivity contribution in [3.8, 4) is 11.1 Å². The Hall–Kier alpha value is -2.49. The highest BCUT2D eigenvalue weighted by Crippen LogP contribution is 2.25. The minimum absolute atomic E-state index is 0.0771. The molecule has 0 fully saturated rings. The number of aldehydes is 1. The summed E-state index contributed by atoms with van der Waals surface area (Å²) in [5.74, 6) is 0. The number of non-ortho nitro benzene ring substituents is 1. The molecule has 0 aliphatic carbocycles. The molecule has 0 spiro atoms. The number of nitro groups is 1. The van der Waals surface area contributed by atoms with Gasteiger partial charge in [0.1, 0.15) is 0 Å². The number of nitro benzene ring substituents is 1. The molecule has 0 aliphatic heterocycles. The van der Waals surface area contributed by atoms with Crippen molar-refractivity contribution in [3.63, 3.8) is 0 Å². The number of carbonyl (C=O) groups is 1. The Morgan fingerprint density at radius 1 is 1.06 bits per heavy atom. The first kappa shape index (κ1) is 11.0. The Morgan fingerprint density at radius 3 is 2.35 bits per heavy atom. The molecule has 0 unspecified atom stereocenters. The highest BCUT2D eigenvalue weighted by Gasteiger charge is 2.11. The molecular formula is C13H9NO3. The first-order chi connectivity index (χ1) is 8.22. The lowest BCUT2D eigenvalue weighted by molar-refractivity contribution is -0.384. The smallest absolute Gasteiger partial charge is 0.270 e. The van der Waals surface area contributed by atoms with Crippen LogP contribution in [0.1, 0.15) is 10.4 Å². The fourth-order valence-electron chi connectivity index (χ4n) is 1.64. The van der Waals surface area contributed by atoms with Crippen molar-refractivity contribution in [2.24, 2.45) is 0 Å². The predicted molar refractivity (Wildman–Crippen MR) is 63.9 cm³/mol. The molecule has 17 heavy (non-hydrogen) atoms. The summed E-state index contributed by atoms with van der Waals surface area (Å²) in [6.07, 6.45) is 0.634. The quantitative estimate of drug-likeness (QED) is 0.460. The van der Waals surface area contributed by atoms with Crippen LogP contribution in [-0.4, -0.2) is 11.2 Å². The first-order valence-electron chi connectivity index (χ1n) is 5.01. The molecule has 2 aromatic rings. The summed E-state index contributed by atoms with van der Waals surface area (Å²) in [4.78, 5) is 21.0. The molecule has 0 aliphatic rings. The number of hydrogen-bond donors (Lipinski definition) is 0. The van der Waals surface area contributed by atoms with E-state index in [1.165, 1.54) is 12.1 Å². The minimum Gasteiger partial charge on any atom is -0.298 e. The third-order valence-electron chi connectivity index (χ3n) is 2.46. The van der Waals surface area contributed by atoms with Gasteiger partial charge in [0.05, 0.1) is 4.92 Å². The molecule has 84 valence electrons. The second kappa shape index (κ2) is 4.57. The maximum absolute atomic E-state index is 11.0. The molecule has 2 rings (SSSR count). The molecule has 2 aromatic carbocycles. The van der Waals surface area contributed by atoms with E-state index in [4.69, 9.17) is 0 Å². The maximum Gasteiger partial charge on any atom is 0.270 e. The molecule has 0 heterocycles. The standard InChI is InChI=1S/C13H9NO3/c15-9-11-8-12(14(16)17)6-7-13(11)10-4-2-1-3-5-10/h1-9H. The van der Waals surface area contributed by atoms with Gasteiger partial charge in [0.15, 0.2) is 6.29 Å². The molecule has 0 amide bonds. The van der Waals surface area contributed by atoms with Crippen LogP contribution in [-0.2, 0) is 0 Å². The van der Waals surface area contributed by atoms with Gasteiger partial charge in [-0.15, -0.1) is 0 Å². The second-order valence-electron chi connectivity index (χ2n) is 3.51. The summed E-state index contributed by atoms with van der Waals surface area (Å²) in [5, 5.41) is 10.6. The van der Waals surface area contributed by atoms with Crippen LogP contribution in [0, 0.1) is 10.1 Å². The fourth-order valence-corrected chi connectivity index (χ4v) is 1.64. The highest BCUT2D eigenvalue weighted by atomic mass is 16.6. The molecule has 0 aromatic heterocycles. The minimum atomic E-state index is -0.512. The van der Waals surface area contributed by atoms with Gasteiger partial charge < -0.3 is 0 Å². The molecule has 4 nitrogen and oxygen atoms in total. The highest BCUT2D eigenvalue weighted by molar-refractivity contribution is 5.88. The number of rotatable bonds is 3. The molecule has 0 bridgehead atoms. The van der Waals surface area contributed by atoms with Crippen LogP contribution in [0.5, 0.6) is 0 Å². The van der Waals surface area contributed by atoms with Gasteiger partial charge in [-0.2, -0.15) is 0 Å². The molecule has 0 radical (unpaired) electrons. The molecule has 0 saturated carbocycles. The summed E-state index contributed by atoms with van der Waals surface area (Å²) in [7, 11) is 0. The van der Waals surface area contributed by atoms with E-state index in [0.29, 0.717) is 17.4 Å². The molecule has 4 heteroatoms. The molecule has 0 N–H and O–H groups in total. The van der Waals surface area contributed by atoms with Crippen molar-refractivity contribution < 1.29 is 9.72 Å². The van der Waals surface area contributed by atoms with Gasteiger partial charge >= 0.3 is 0 Å². The second-order valence-corrected chi connectivity index (χ2v) is 3.51. The van der Waals surface area contributed by atoms with Gasteiger partial charge in [0, 0.05) is 17.7 Å². The van der Waals surface area contributed by atoms with Gasteiger partial charge in [-0.05, 0) is 17.2 Å². The van der Waals surface area contributed by atoms with Gasteiger partial charge in [-0.1, -0.05) is 30.3 Å². The normalized spacial score (nSPS) is 9.88. The Bertz CT molecular complexity index is 564. The Morgan fingerprint density at radius 2 is 1.76 bits per heavy atom. The third-order valence-corrected chi connectivity index (χ3v) is 2.46. The summed E-state index contributed by atoms with van der Waals surface area (Å²) in [6.45, 7) is 0. The lowest BCUT2D eigenvalue weighted by Gasteiger charge is -2.04. The van der Waals surface area contributed by atoms with Crippen LogP contribution in [0.4, 0.5) is 5.69 Å². The summed E-state index contributed by atoms with van der Waals surface area (Å²) >= 11 is 0. The monoisotopic (exact) mass is 227 g/mol. The molecular weight excluding hydrogens is 218 g/mol. The first-order valence-corrected chi connectivity index (χ1v) is 5.01. The van der Waals surface area contributed by atoms with Crippen LogP contribution < -0.4 is 0 Å². The van der Waals surface area contributed by atoms with Crippen molar-refractivity contribution in [1.29, 1.82) is 0 Å². The lowest BCUT2D eigenvalue weighted by Crippen LogP contribution is -1.92. The molecule has 0 atom stereocenters. The Kier molecular flexibility index (Phi) is 2.96. The van der Waals surface area contributed by atoms with Crippen molar-refractivity contribution in [2.45, 2.75) is 0 Å². The number of hydrogen-bond acceptors (Lipinski definition) is 3. The van der Waals surface area contributed by atoms with E-state index in [2.05, 4.69) is 0 Å². The zero-order valence-corrected chi connectivity index (χ0v) is 8.87. The summed E-state index contributed by atoms with van der Waals surface area (Å²) < 4.78 is 0. The van der Waals surface area contributed by atoms with Crippen LogP contribution >= 0.6 is 0 Å². The average Bonchev–Trinajstić information content (AvgIpc) is 2.39. The zero-order valence-electron chi connectivity index (χ0n) is 8.87. The van der Waals surface area contributed by atoms with Crippen LogP contribution in [0.25, 0.3) is 11.1 Å². The molecule has 0 saturated heterocycles. The third kappa shape index (κ3) is 2.20. The Labute approximate surface area is 97.7 Å². The topological polar surface area (TPSA) is 60.2 Å². The van der Waals surface area contributed by atoms with Crippen molar-refractivity contribution in [2.75, 3.05) is 0 Å². The summed E-state index contributed by atoms with van der Waals surface area (Å²) in [5.41, 5.74) is 1.81. The van der Waals surface area contributed by atoms with Crippen LogP contribution in [0.15, 0.2) is 48.5 Å². The largest absolute Gasteiger partial charge is 0.298 e. The van der Waals surface area contributed by atoms with E-state index in [-0.39, 0.29) is 5.69 Å². The van der Waals surface area contributed by atoms with E-state index in [9.17, 15) is 14.9 Å².